The van der Waals surface area contributed by atoms with Gasteiger partial charge in [-0.15, -0.1) is 0 Å². The van der Waals surface area contributed by atoms with Crippen molar-refractivity contribution in [3.05, 3.63) is 11.5 Å². The van der Waals surface area contributed by atoms with Crippen molar-refractivity contribution < 1.29 is 4.79 Å². The first-order valence-electron chi connectivity index (χ1n) is 5.37. The number of carbonyl (C=O) groups excluding carboxylic acids is 1. The number of nitrogens with two attached hydrogens (primary N) is 1. The molecule has 1 amide bonds. The summed E-state index contributed by atoms with van der Waals surface area (Å²) in [6.07, 6.45) is 0. The van der Waals surface area contributed by atoms with Gasteiger partial charge in [-0.25, -0.2) is 5.43 Å². The van der Waals surface area contributed by atoms with Crippen LogP contribution in [0.25, 0.3) is 0 Å². The fourth-order valence-electron chi connectivity index (χ4n) is 0.889. The highest BCUT2D eigenvalue weighted by Crippen LogP contribution is 2.06. The third-order valence-corrected chi connectivity index (χ3v) is 1.57. The SMILES string of the molecule is C=NNC(=O)C1=C(N)N(C)CN1.CC.CC. The molecular formula is C10H23N5O. The fourth-order valence-corrected chi connectivity index (χ4v) is 0.889. The maximum atomic E-state index is 11.1. The van der Waals surface area contributed by atoms with Crippen LogP contribution in [0.3, 0.4) is 0 Å². The molecule has 0 spiro atoms. The molecule has 0 aromatic heterocycles. The van der Waals surface area contributed by atoms with Crippen molar-refractivity contribution in [1.29, 1.82) is 0 Å². The Balaban J connectivity index is 0. The topological polar surface area (TPSA) is 82.8 Å². The minimum atomic E-state index is -0.369. The lowest BCUT2D eigenvalue weighted by Gasteiger charge is -2.08. The zero-order valence-corrected chi connectivity index (χ0v) is 10.8. The Morgan fingerprint density at radius 2 is 2.00 bits per heavy atom. The standard InChI is InChI=1S/C6H11N5O.2C2H6/c1-8-10-6(12)4-5(7)11(2)3-9-4;2*1-2/h9H,1,3,7H2,2H3,(H,10,12);2*1-2H3. The van der Waals surface area contributed by atoms with E-state index in [1.165, 1.54) is 0 Å². The third kappa shape index (κ3) is 4.68. The molecule has 0 aliphatic carbocycles. The molecule has 0 aromatic carbocycles. The highest BCUT2D eigenvalue weighted by Gasteiger charge is 2.21. The van der Waals surface area contributed by atoms with Crippen LogP contribution in [0.4, 0.5) is 0 Å². The summed E-state index contributed by atoms with van der Waals surface area (Å²) in [4.78, 5) is 12.8. The Morgan fingerprint density at radius 1 is 1.50 bits per heavy atom. The van der Waals surface area contributed by atoms with Gasteiger partial charge in [0.2, 0.25) is 0 Å². The lowest BCUT2D eigenvalue weighted by Crippen LogP contribution is -2.27. The Labute approximate surface area is 97.6 Å². The second-order valence-electron chi connectivity index (χ2n) is 2.39. The van der Waals surface area contributed by atoms with Crippen LogP contribution in [0.15, 0.2) is 16.6 Å². The van der Waals surface area contributed by atoms with E-state index in [1.807, 2.05) is 27.7 Å². The molecule has 16 heavy (non-hydrogen) atoms. The van der Waals surface area contributed by atoms with Crippen molar-refractivity contribution in [2.75, 3.05) is 13.7 Å². The summed E-state index contributed by atoms with van der Waals surface area (Å²) in [5.41, 5.74) is 8.10. The van der Waals surface area contributed by atoms with Gasteiger partial charge in [0.25, 0.3) is 5.91 Å². The van der Waals surface area contributed by atoms with Crippen LogP contribution < -0.4 is 16.5 Å². The average Bonchev–Trinajstić information content (AvgIpc) is 2.66. The first-order chi connectivity index (χ1) is 7.66. The number of hydrazone groups is 1. The van der Waals surface area contributed by atoms with E-state index in [0.29, 0.717) is 18.2 Å². The van der Waals surface area contributed by atoms with Gasteiger partial charge in [-0.05, 0) is 0 Å². The largest absolute Gasteiger partial charge is 0.383 e. The van der Waals surface area contributed by atoms with Gasteiger partial charge >= 0.3 is 0 Å². The molecular weight excluding hydrogens is 206 g/mol. The van der Waals surface area contributed by atoms with Gasteiger partial charge in [-0.2, -0.15) is 5.10 Å². The second-order valence-corrected chi connectivity index (χ2v) is 2.39. The number of hydrogen-bond acceptors (Lipinski definition) is 5. The van der Waals surface area contributed by atoms with E-state index in [2.05, 4.69) is 22.6 Å². The minimum absolute atomic E-state index is 0.338. The van der Waals surface area contributed by atoms with Crippen LogP contribution in [-0.4, -0.2) is 31.2 Å². The normalized spacial score (nSPS) is 12.7. The summed E-state index contributed by atoms with van der Waals surface area (Å²) < 4.78 is 0. The molecule has 0 aromatic rings. The van der Waals surface area contributed by atoms with Crippen molar-refractivity contribution in [3.63, 3.8) is 0 Å². The van der Waals surface area contributed by atoms with Crippen molar-refractivity contribution in [3.8, 4) is 0 Å². The molecule has 0 bridgehead atoms. The molecule has 1 heterocycles. The fraction of sp³-hybridized carbons (Fsp3) is 0.600. The zero-order valence-electron chi connectivity index (χ0n) is 10.8. The lowest BCUT2D eigenvalue weighted by atomic mass is 10.4. The van der Waals surface area contributed by atoms with E-state index in [1.54, 1.807) is 11.9 Å². The lowest BCUT2D eigenvalue weighted by molar-refractivity contribution is -0.117. The second kappa shape index (κ2) is 9.82. The summed E-state index contributed by atoms with van der Waals surface area (Å²) in [5, 5.41) is 6.06. The molecule has 0 saturated heterocycles. The van der Waals surface area contributed by atoms with Crippen LogP contribution >= 0.6 is 0 Å². The number of rotatable bonds is 2. The van der Waals surface area contributed by atoms with Gasteiger partial charge in [0, 0.05) is 13.8 Å². The van der Waals surface area contributed by atoms with Gasteiger partial charge < -0.3 is 16.0 Å². The predicted molar refractivity (Wildman–Crippen MR) is 67.4 cm³/mol. The highest BCUT2D eigenvalue weighted by atomic mass is 16.2. The molecule has 4 N–H and O–H groups in total. The number of hydrogen-bond donors (Lipinski definition) is 3. The molecule has 1 rings (SSSR count). The van der Waals surface area contributed by atoms with E-state index in [-0.39, 0.29) is 5.91 Å². The first-order valence-corrected chi connectivity index (χ1v) is 5.37. The first kappa shape index (κ1) is 16.7. The van der Waals surface area contributed by atoms with E-state index < -0.39 is 0 Å². The highest BCUT2D eigenvalue weighted by molar-refractivity contribution is 5.93. The van der Waals surface area contributed by atoms with Crippen molar-refractivity contribution in [2.45, 2.75) is 27.7 Å². The Kier molecular flexibility index (Phi) is 10.3. The third-order valence-electron chi connectivity index (χ3n) is 1.57. The molecule has 6 nitrogen and oxygen atoms in total. The summed E-state index contributed by atoms with van der Waals surface area (Å²) >= 11 is 0. The van der Waals surface area contributed by atoms with Crippen LogP contribution in [0.5, 0.6) is 0 Å². The monoisotopic (exact) mass is 229 g/mol. The number of amides is 1. The summed E-state index contributed by atoms with van der Waals surface area (Å²) in [7, 11) is 1.78. The van der Waals surface area contributed by atoms with Crippen molar-refractivity contribution >= 4 is 12.6 Å². The van der Waals surface area contributed by atoms with E-state index >= 15 is 0 Å². The molecule has 0 unspecified atom stereocenters. The molecule has 6 heteroatoms. The van der Waals surface area contributed by atoms with Gasteiger partial charge in [0.1, 0.15) is 11.5 Å². The van der Waals surface area contributed by atoms with Crippen LogP contribution in [0.2, 0.25) is 0 Å². The molecule has 0 atom stereocenters. The van der Waals surface area contributed by atoms with Gasteiger partial charge in [-0.1, -0.05) is 27.7 Å². The van der Waals surface area contributed by atoms with Crippen LogP contribution in [0, 0.1) is 0 Å². The Morgan fingerprint density at radius 3 is 2.31 bits per heavy atom. The van der Waals surface area contributed by atoms with Gasteiger partial charge in [0.05, 0.1) is 6.67 Å². The van der Waals surface area contributed by atoms with E-state index in [9.17, 15) is 4.79 Å². The number of nitrogens with zero attached hydrogens (tertiary/aromatic N) is 2. The molecule has 1 aliphatic heterocycles. The molecule has 94 valence electrons. The summed E-state index contributed by atoms with van der Waals surface area (Å²) in [6.45, 7) is 11.7. The number of carbonyl (C=O) groups is 1. The van der Waals surface area contributed by atoms with E-state index in [4.69, 9.17) is 5.73 Å². The van der Waals surface area contributed by atoms with E-state index in [0.717, 1.165) is 0 Å². The maximum absolute atomic E-state index is 11.1. The van der Waals surface area contributed by atoms with Gasteiger partial charge in [-0.3, -0.25) is 4.79 Å². The van der Waals surface area contributed by atoms with Crippen molar-refractivity contribution in [1.82, 2.24) is 15.6 Å². The quantitative estimate of drug-likeness (QED) is 0.472. The smallest absolute Gasteiger partial charge is 0.291 e. The molecule has 0 fully saturated rings. The number of nitrogens with one attached hydrogen (secondary N) is 2. The molecule has 0 saturated carbocycles. The minimum Gasteiger partial charge on any atom is -0.383 e. The average molecular weight is 229 g/mol. The van der Waals surface area contributed by atoms with Crippen LogP contribution in [-0.2, 0) is 4.79 Å². The summed E-state index contributed by atoms with van der Waals surface area (Å²) in [6, 6.07) is 0. The summed E-state index contributed by atoms with van der Waals surface area (Å²) in [5.74, 6) is 0.0444. The van der Waals surface area contributed by atoms with Gasteiger partial charge in [0.15, 0.2) is 0 Å². The predicted octanol–water partition coefficient (Wildman–Crippen LogP) is 0.391. The maximum Gasteiger partial charge on any atom is 0.291 e. The zero-order chi connectivity index (χ0) is 13.1. The van der Waals surface area contributed by atoms with Crippen molar-refractivity contribution in [2.24, 2.45) is 10.8 Å². The Hall–Kier alpha value is -1.72. The Bertz CT molecular complexity index is 250. The van der Waals surface area contributed by atoms with Crippen LogP contribution in [0.1, 0.15) is 27.7 Å². The molecule has 0 radical (unpaired) electrons. The molecule has 1 aliphatic rings.